The minimum Gasteiger partial charge on any atom is -0.249 e. The monoisotopic (exact) mass is 193 g/mol. The standard InChI is InChI=1S/C6H8ClN3.ClH/c7-4-5-6-2-1-3-10(6)9-8-5;/h1-4H2;1H. The Morgan fingerprint density at radius 2 is 2.36 bits per heavy atom. The summed E-state index contributed by atoms with van der Waals surface area (Å²) in [6.07, 6.45) is 2.28. The van der Waals surface area contributed by atoms with Gasteiger partial charge in [-0.1, -0.05) is 5.21 Å². The average Bonchev–Trinajstić information content (AvgIpc) is 2.44. The van der Waals surface area contributed by atoms with Crippen LogP contribution in [-0.2, 0) is 18.8 Å². The van der Waals surface area contributed by atoms with Gasteiger partial charge in [0.2, 0.25) is 0 Å². The van der Waals surface area contributed by atoms with E-state index < -0.39 is 0 Å². The highest BCUT2D eigenvalue weighted by molar-refractivity contribution is 6.16. The zero-order chi connectivity index (χ0) is 6.97. The molecule has 0 saturated carbocycles. The van der Waals surface area contributed by atoms with Gasteiger partial charge in [-0.05, 0) is 12.8 Å². The van der Waals surface area contributed by atoms with Gasteiger partial charge in [-0.15, -0.1) is 29.1 Å². The largest absolute Gasteiger partial charge is 0.249 e. The quantitative estimate of drug-likeness (QED) is 0.632. The second kappa shape index (κ2) is 3.41. The van der Waals surface area contributed by atoms with Crippen molar-refractivity contribution in [1.82, 2.24) is 15.0 Å². The Kier molecular flexibility index (Phi) is 2.73. The van der Waals surface area contributed by atoms with Crippen LogP contribution in [0, 0.1) is 0 Å². The topological polar surface area (TPSA) is 30.7 Å². The number of aryl methyl sites for hydroxylation is 1. The maximum Gasteiger partial charge on any atom is 0.101 e. The van der Waals surface area contributed by atoms with Gasteiger partial charge in [-0.3, -0.25) is 0 Å². The fraction of sp³-hybridized carbons (Fsp3) is 0.667. The molecule has 11 heavy (non-hydrogen) atoms. The number of nitrogens with zero attached hydrogens (tertiary/aromatic N) is 3. The molecule has 2 rings (SSSR count). The molecule has 0 fully saturated rings. The van der Waals surface area contributed by atoms with Gasteiger partial charge in [0.15, 0.2) is 0 Å². The second-order valence-corrected chi connectivity index (χ2v) is 2.71. The molecular formula is C6H9Cl2N3. The van der Waals surface area contributed by atoms with Gasteiger partial charge in [0.25, 0.3) is 0 Å². The molecule has 0 atom stereocenters. The van der Waals surface area contributed by atoms with Crippen molar-refractivity contribution < 1.29 is 0 Å². The number of alkyl halides is 1. The zero-order valence-electron chi connectivity index (χ0n) is 5.96. The normalized spacial score (nSPS) is 14.3. The summed E-state index contributed by atoms with van der Waals surface area (Å²) in [6.45, 7) is 1.01. The maximum atomic E-state index is 5.64. The highest BCUT2D eigenvalue weighted by Gasteiger charge is 2.16. The predicted octanol–water partition coefficient (Wildman–Crippen LogP) is 1.38. The van der Waals surface area contributed by atoms with E-state index in [4.69, 9.17) is 11.6 Å². The highest BCUT2D eigenvalue weighted by atomic mass is 35.5. The van der Waals surface area contributed by atoms with Gasteiger partial charge in [-0.2, -0.15) is 0 Å². The Morgan fingerprint density at radius 1 is 1.55 bits per heavy atom. The fourth-order valence-corrected chi connectivity index (χ4v) is 1.53. The van der Waals surface area contributed by atoms with Crippen molar-refractivity contribution in [2.24, 2.45) is 0 Å². The first-order chi connectivity index (χ1) is 4.92. The molecule has 62 valence electrons. The zero-order valence-corrected chi connectivity index (χ0v) is 7.53. The summed E-state index contributed by atoms with van der Waals surface area (Å²) in [5.41, 5.74) is 2.19. The third-order valence-electron chi connectivity index (χ3n) is 1.83. The molecule has 0 N–H and O–H groups in total. The van der Waals surface area contributed by atoms with Crippen LogP contribution < -0.4 is 0 Å². The summed E-state index contributed by atoms with van der Waals surface area (Å²) in [6, 6.07) is 0. The van der Waals surface area contributed by atoms with Crippen LogP contribution in [0.25, 0.3) is 0 Å². The molecule has 0 amide bonds. The Balaban J connectivity index is 0.000000605. The average molecular weight is 194 g/mol. The molecule has 1 aliphatic rings. The minimum atomic E-state index is 0. The molecule has 0 radical (unpaired) electrons. The SMILES string of the molecule is Cl.ClCc1nnn2c1CCC2. The van der Waals surface area contributed by atoms with E-state index in [2.05, 4.69) is 10.3 Å². The van der Waals surface area contributed by atoms with E-state index >= 15 is 0 Å². The van der Waals surface area contributed by atoms with Crippen molar-refractivity contribution in [3.8, 4) is 0 Å². The first-order valence-corrected chi connectivity index (χ1v) is 3.92. The van der Waals surface area contributed by atoms with E-state index in [0.717, 1.165) is 18.7 Å². The predicted molar refractivity (Wildman–Crippen MR) is 45.1 cm³/mol. The lowest BCUT2D eigenvalue weighted by Gasteiger charge is -1.89. The maximum absolute atomic E-state index is 5.64. The molecule has 5 heteroatoms. The smallest absolute Gasteiger partial charge is 0.101 e. The Hall–Kier alpha value is -0.280. The highest BCUT2D eigenvalue weighted by Crippen LogP contribution is 2.16. The van der Waals surface area contributed by atoms with Gasteiger partial charge < -0.3 is 0 Å². The van der Waals surface area contributed by atoms with Gasteiger partial charge in [-0.25, -0.2) is 4.68 Å². The number of hydrogen-bond donors (Lipinski definition) is 0. The second-order valence-electron chi connectivity index (χ2n) is 2.44. The molecule has 0 bridgehead atoms. The van der Waals surface area contributed by atoms with E-state index in [0.29, 0.717) is 5.88 Å². The van der Waals surface area contributed by atoms with Crippen LogP contribution in [0.1, 0.15) is 17.8 Å². The third kappa shape index (κ3) is 1.35. The lowest BCUT2D eigenvalue weighted by molar-refractivity contribution is 0.622. The molecule has 0 saturated heterocycles. The fourth-order valence-electron chi connectivity index (χ4n) is 1.32. The molecule has 0 unspecified atom stereocenters. The summed E-state index contributed by atoms with van der Waals surface area (Å²) in [5.74, 6) is 0.495. The van der Waals surface area contributed by atoms with E-state index in [1.165, 1.54) is 12.1 Å². The molecule has 1 aromatic rings. The van der Waals surface area contributed by atoms with Crippen molar-refractivity contribution in [3.05, 3.63) is 11.4 Å². The molecule has 3 nitrogen and oxygen atoms in total. The molecule has 0 aliphatic carbocycles. The van der Waals surface area contributed by atoms with Crippen molar-refractivity contribution in [3.63, 3.8) is 0 Å². The van der Waals surface area contributed by atoms with Crippen molar-refractivity contribution in [1.29, 1.82) is 0 Å². The Bertz CT molecular complexity index is 246. The summed E-state index contributed by atoms with van der Waals surface area (Å²) in [5, 5.41) is 7.89. The molecule has 2 heterocycles. The molecule has 0 aromatic carbocycles. The van der Waals surface area contributed by atoms with Crippen molar-refractivity contribution >= 4 is 24.0 Å². The lowest BCUT2D eigenvalue weighted by atomic mass is 10.2. The molecule has 1 aliphatic heterocycles. The van der Waals surface area contributed by atoms with Crippen LogP contribution in [0.2, 0.25) is 0 Å². The Morgan fingerprint density at radius 3 is 3.09 bits per heavy atom. The van der Waals surface area contributed by atoms with Gasteiger partial charge in [0, 0.05) is 6.54 Å². The number of hydrogen-bond acceptors (Lipinski definition) is 2. The van der Waals surface area contributed by atoms with Crippen molar-refractivity contribution in [2.45, 2.75) is 25.3 Å². The van der Waals surface area contributed by atoms with Crippen LogP contribution in [0.3, 0.4) is 0 Å². The van der Waals surface area contributed by atoms with Gasteiger partial charge in [0.05, 0.1) is 11.6 Å². The van der Waals surface area contributed by atoms with Crippen LogP contribution in [0.15, 0.2) is 0 Å². The number of halogens is 2. The van der Waals surface area contributed by atoms with Crippen LogP contribution in [0.4, 0.5) is 0 Å². The first kappa shape index (κ1) is 8.81. The van der Waals surface area contributed by atoms with Crippen LogP contribution >= 0.6 is 24.0 Å². The summed E-state index contributed by atoms with van der Waals surface area (Å²) in [7, 11) is 0. The van der Waals surface area contributed by atoms with Crippen molar-refractivity contribution in [2.75, 3.05) is 0 Å². The number of fused-ring (bicyclic) bond motifs is 1. The van der Waals surface area contributed by atoms with Crippen LogP contribution in [0.5, 0.6) is 0 Å². The van der Waals surface area contributed by atoms with Gasteiger partial charge >= 0.3 is 0 Å². The van der Waals surface area contributed by atoms with Crippen LogP contribution in [-0.4, -0.2) is 15.0 Å². The molecule has 1 aromatic heterocycles. The van der Waals surface area contributed by atoms with E-state index in [9.17, 15) is 0 Å². The summed E-state index contributed by atoms with van der Waals surface area (Å²) < 4.78 is 1.94. The molecule has 0 spiro atoms. The van der Waals surface area contributed by atoms with E-state index in [-0.39, 0.29) is 12.4 Å². The third-order valence-corrected chi connectivity index (χ3v) is 2.08. The Labute approximate surface area is 76.1 Å². The van der Waals surface area contributed by atoms with E-state index in [1.807, 2.05) is 4.68 Å². The van der Waals surface area contributed by atoms with Gasteiger partial charge in [0.1, 0.15) is 5.69 Å². The summed E-state index contributed by atoms with van der Waals surface area (Å²) in [4.78, 5) is 0. The first-order valence-electron chi connectivity index (χ1n) is 3.39. The number of aromatic nitrogens is 3. The molecular weight excluding hydrogens is 185 g/mol. The lowest BCUT2D eigenvalue weighted by Crippen LogP contribution is -1.93. The number of rotatable bonds is 1. The summed E-state index contributed by atoms with van der Waals surface area (Å²) >= 11 is 5.64. The van der Waals surface area contributed by atoms with E-state index in [1.54, 1.807) is 0 Å². The minimum absolute atomic E-state index is 0.